The molecular formula is C11H14Cl2N2S. The minimum atomic E-state index is 0. The van der Waals surface area contributed by atoms with Gasteiger partial charge in [0.1, 0.15) is 5.01 Å². The molecule has 88 valence electrons. The molecule has 0 spiro atoms. The number of rotatable bonds is 2. The molecule has 2 nitrogen and oxygen atoms in total. The van der Waals surface area contributed by atoms with Crippen LogP contribution in [0.1, 0.15) is 17.8 Å². The molecule has 0 radical (unpaired) electrons. The minimum Gasteiger partial charge on any atom is -0.329 e. The normalized spacial score (nSPS) is 16.3. The summed E-state index contributed by atoms with van der Waals surface area (Å²) in [6.07, 6.45) is 2.42. The lowest BCUT2D eigenvalue weighted by Gasteiger charge is -2.05. The molecule has 0 unspecified atom stereocenters. The predicted octanol–water partition coefficient (Wildman–Crippen LogP) is 3.13. The van der Waals surface area contributed by atoms with Gasteiger partial charge in [0.25, 0.3) is 0 Å². The SMILES string of the molecule is Cl.Cl.NCC1(c2nc3ccccc3s2)CC1. The fraction of sp³-hybridized carbons (Fsp3) is 0.364. The van der Waals surface area contributed by atoms with Crippen molar-refractivity contribution >= 4 is 46.4 Å². The zero-order valence-corrected chi connectivity index (χ0v) is 11.1. The van der Waals surface area contributed by atoms with Crippen LogP contribution in [0.15, 0.2) is 24.3 Å². The van der Waals surface area contributed by atoms with Gasteiger partial charge in [-0.2, -0.15) is 0 Å². The van der Waals surface area contributed by atoms with Gasteiger partial charge in [-0.25, -0.2) is 4.98 Å². The van der Waals surface area contributed by atoms with Crippen molar-refractivity contribution in [1.29, 1.82) is 0 Å². The number of benzene rings is 1. The van der Waals surface area contributed by atoms with Crippen molar-refractivity contribution in [3.63, 3.8) is 0 Å². The van der Waals surface area contributed by atoms with E-state index in [9.17, 15) is 0 Å². The molecule has 2 N–H and O–H groups in total. The second-order valence-corrected chi connectivity index (χ2v) is 5.00. The fourth-order valence-corrected chi connectivity index (χ4v) is 2.98. The quantitative estimate of drug-likeness (QED) is 0.916. The van der Waals surface area contributed by atoms with Crippen LogP contribution in [0.5, 0.6) is 0 Å². The third-order valence-electron chi connectivity index (χ3n) is 2.99. The summed E-state index contributed by atoms with van der Waals surface area (Å²) in [5.74, 6) is 0. The third-order valence-corrected chi connectivity index (χ3v) is 4.27. The Hall–Kier alpha value is -0.350. The number of para-hydroxylation sites is 1. The monoisotopic (exact) mass is 276 g/mol. The summed E-state index contributed by atoms with van der Waals surface area (Å²) in [5.41, 5.74) is 7.15. The molecule has 1 heterocycles. The first-order valence-electron chi connectivity index (χ1n) is 4.90. The van der Waals surface area contributed by atoms with Gasteiger partial charge in [-0.05, 0) is 25.0 Å². The van der Waals surface area contributed by atoms with Gasteiger partial charge in [-0.15, -0.1) is 36.2 Å². The van der Waals surface area contributed by atoms with Crippen LogP contribution >= 0.6 is 36.2 Å². The molecule has 5 heteroatoms. The van der Waals surface area contributed by atoms with Crippen molar-refractivity contribution < 1.29 is 0 Å². The topological polar surface area (TPSA) is 38.9 Å². The van der Waals surface area contributed by atoms with Crippen LogP contribution in [-0.4, -0.2) is 11.5 Å². The molecule has 0 bridgehead atoms. The highest BCUT2D eigenvalue weighted by Gasteiger charge is 2.45. The number of aromatic nitrogens is 1. The molecule has 3 rings (SSSR count). The zero-order chi connectivity index (χ0) is 9.60. The molecule has 16 heavy (non-hydrogen) atoms. The summed E-state index contributed by atoms with van der Waals surface area (Å²) in [4.78, 5) is 4.66. The van der Waals surface area contributed by atoms with Crippen molar-refractivity contribution in [2.45, 2.75) is 18.3 Å². The van der Waals surface area contributed by atoms with Crippen LogP contribution in [0.2, 0.25) is 0 Å². The van der Waals surface area contributed by atoms with Crippen LogP contribution < -0.4 is 5.73 Å². The van der Waals surface area contributed by atoms with Gasteiger partial charge < -0.3 is 5.73 Å². The molecule has 0 aliphatic heterocycles. The zero-order valence-electron chi connectivity index (χ0n) is 8.68. The Bertz CT molecular complexity index is 447. The summed E-state index contributed by atoms with van der Waals surface area (Å²) in [7, 11) is 0. The Morgan fingerprint density at radius 2 is 1.94 bits per heavy atom. The third kappa shape index (κ3) is 2.05. The molecule has 1 aromatic carbocycles. The Morgan fingerprint density at radius 3 is 2.50 bits per heavy atom. The highest BCUT2D eigenvalue weighted by molar-refractivity contribution is 7.18. The van der Waals surface area contributed by atoms with E-state index in [2.05, 4.69) is 23.2 Å². The van der Waals surface area contributed by atoms with Crippen LogP contribution in [0.3, 0.4) is 0 Å². The smallest absolute Gasteiger partial charge is 0.101 e. The summed E-state index contributed by atoms with van der Waals surface area (Å²) >= 11 is 1.80. The van der Waals surface area contributed by atoms with Crippen LogP contribution in [-0.2, 0) is 5.41 Å². The maximum atomic E-state index is 5.79. The van der Waals surface area contributed by atoms with E-state index < -0.39 is 0 Å². The van der Waals surface area contributed by atoms with Gasteiger partial charge in [0.2, 0.25) is 0 Å². The Morgan fingerprint density at radius 1 is 1.25 bits per heavy atom. The van der Waals surface area contributed by atoms with E-state index in [-0.39, 0.29) is 30.2 Å². The van der Waals surface area contributed by atoms with E-state index in [1.165, 1.54) is 22.5 Å². The molecule has 1 aliphatic carbocycles. The van der Waals surface area contributed by atoms with Gasteiger partial charge in [-0.1, -0.05) is 12.1 Å². The van der Waals surface area contributed by atoms with E-state index in [0.29, 0.717) is 0 Å². The maximum Gasteiger partial charge on any atom is 0.101 e. The Labute approximate surface area is 111 Å². The average molecular weight is 277 g/mol. The van der Waals surface area contributed by atoms with Gasteiger partial charge in [-0.3, -0.25) is 0 Å². The molecular weight excluding hydrogens is 263 g/mol. The van der Waals surface area contributed by atoms with E-state index in [0.717, 1.165) is 12.1 Å². The minimum absolute atomic E-state index is 0. The van der Waals surface area contributed by atoms with Crippen LogP contribution in [0.4, 0.5) is 0 Å². The molecule has 1 aromatic heterocycles. The Balaban J connectivity index is 0.000000640. The number of halogens is 2. The number of nitrogens with zero attached hydrogens (tertiary/aromatic N) is 1. The lowest BCUT2D eigenvalue weighted by Crippen LogP contribution is -2.19. The molecule has 2 aromatic rings. The number of fused-ring (bicyclic) bond motifs is 1. The van der Waals surface area contributed by atoms with E-state index in [4.69, 9.17) is 5.73 Å². The second-order valence-electron chi connectivity index (χ2n) is 3.97. The van der Waals surface area contributed by atoms with Crippen LogP contribution in [0.25, 0.3) is 10.2 Å². The summed E-state index contributed by atoms with van der Waals surface area (Å²) in [6, 6.07) is 8.30. The van der Waals surface area contributed by atoms with E-state index in [1.807, 2.05) is 6.07 Å². The molecule has 0 saturated heterocycles. The number of thiazole rings is 1. The second kappa shape index (κ2) is 4.88. The molecule has 1 saturated carbocycles. The van der Waals surface area contributed by atoms with Crippen molar-refractivity contribution in [1.82, 2.24) is 4.98 Å². The summed E-state index contributed by atoms with van der Waals surface area (Å²) < 4.78 is 1.28. The van der Waals surface area contributed by atoms with E-state index >= 15 is 0 Å². The summed E-state index contributed by atoms with van der Waals surface area (Å²) in [5, 5.41) is 1.24. The van der Waals surface area contributed by atoms with E-state index in [1.54, 1.807) is 11.3 Å². The number of hydrogen-bond donors (Lipinski definition) is 1. The fourth-order valence-electron chi connectivity index (χ4n) is 1.76. The largest absolute Gasteiger partial charge is 0.329 e. The average Bonchev–Trinajstić information content (AvgIpc) is 2.91. The van der Waals surface area contributed by atoms with Gasteiger partial charge in [0, 0.05) is 12.0 Å². The molecule has 0 amide bonds. The van der Waals surface area contributed by atoms with Crippen molar-refractivity contribution in [2.75, 3.05) is 6.54 Å². The highest BCUT2D eigenvalue weighted by Crippen LogP contribution is 2.49. The first-order chi connectivity index (χ1) is 6.84. The molecule has 1 fully saturated rings. The molecule has 0 atom stereocenters. The van der Waals surface area contributed by atoms with Gasteiger partial charge in [0.05, 0.1) is 10.2 Å². The first-order valence-corrected chi connectivity index (χ1v) is 5.72. The van der Waals surface area contributed by atoms with Crippen molar-refractivity contribution in [3.8, 4) is 0 Å². The van der Waals surface area contributed by atoms with Crippen molar-refractivity contribution in [3.05, 3.63) is 29.3 Å². The van der Waals surface area contributed by atoms with Crippen molar-refractivity contribution in [2.24, 2.45) is 5.73 Å². The summed E-state index contributed by atoms with van der Waals surface area (Å²) in [6.45, 7) is 0.743. The van der Waals surface area contributed by atoms with Crippen LogP contribution in [0, 0.1) is 0 Å². The van der Waals surface area contributed by atoms with Gasteiger partial charge >= 0.3 is 0 Å². The maximum absolute atomic E-state index is 5.79. The Kier molecular flexibility index (Phi) is 4.18. The lowest BCUT2D eigenvalue weighted by atomic mass is 10.1. The first kappa shape index (κ1) is 13.7. The standard InChI is InChI=1S/C11H12N2S.2ClH/c12-7-11(5-6-11)10-13-8-3-1-2-4-9(8)14-10;;/h1-4H,5-7,12H2;2*1H. The number of hydrogen-bond acceptors (Lipinski definition) is 3. The lowest BCUT2D eigenvalue weighted by molar-refractivity contribution is 0.700. The number of nitrogens with two attached hydrogens (primary N) is 1. The molecule has 1 aliphatic rings. The predicted molar refractivity (Wildman–Crippen MR) is 74.1 cm³/mol. The highest BCUT2D eigenvalue weighted by atomic mass is 35.5. The van der Waals surface area contributed by atoms with Gasteiger partial charge in [0.15, 0.2) is 0 Å².